The summed E-state index contributed by atoms with van der Waals surface area (Å²) in [5.74, 6) is -0.743. The van der Waals surface area contributed by atoms with Gasteiger partial charge in [-0.15, -0.1) is 12.1 Å². The minimum Gasteiger partial charge on any atom is -0.490 e. The van der Waals surface area contributed by atoms with Gasteiger partial charge < -0.3 is 30.1 Å². The molecule has 10 nitrogen and oxygen atoms in total. The third-order valence-electron chi connectivity index (χ3n) is 6.83. The SMILES string of the molecule is Cc1[c-]cc(N(O)C(=O)[C@@](C)(O)COc2ccc(C)cc2)cc1.Cc1[c-]cc(NC(=O)[C@@](C)(O)C(O)Oc2ccc(C)cc2)cc1.[Y].[Y]. The average Bonchev–Trinajstić information content (AvgIpc) is 3.03. The maximum atomic E-state index is 12.3. The second-order valence-corrected chi connectivity index (χ2v) is 11.4. The molecule has 4 aromatic rings. The Morgan fingerprint density at radius 2 is 1.29 bits per heavy atom. The number of aryl methyl sites for hydroxylation is 4. The first-order chi connectivity index (χ1) is 21.6. The molecule has 48 heavy (non-hydrogen) atoms. The van der Waals surface area contributed by atoms with Crippen LogP contribution in [-0.4, -0.2) is 56.4 Å². The molecule has 4 rings (SSSR count). The van der Waals surface area contributed by atoms with Gasteiger partial charge >= 0.3 is 0 Å². The Balaban J connectivity index is 0.000000461. The number of aliphatic hydroxyl groups excluding tert-OH is 1. The quantitative estimate of drug-likeness (QED) is 0.0663. The van der Waals surface area contributed by atoms with Crippen molar-refractivity contribution < 1.29 is 105 Å². The van der Waals surface area contributed by atoms with Crippen molar-refractivity contribution >= 4 is 23.2 Å². The number of nitrogens with one attached hydrogen (secondary N) is 1. The molecule has 3 atom stereocenters. The first kappa shape index (κ1) is 43.5. The van der Waals surface area contributed by atoms with E-state index >= 15 is 0 Å². The first-order valence-corrected chi connectivity index (χ1v) is 14.5. The van der Waals surface area contributed by atoms with E-state index in [1.54, 1.807) is 66.7 Å². The number of carbonyl (C=O) groups excluding carboxylic acids is 2. The standard InChI is InChI=1S/2C18H20NO4.2Y/c1-13-4-8-15(9-5-13)19(22)17(20)18(3,21)12-23-16-10-6-14(2)7-11-16;1-12-4-8-14(9-5-12)19-16(20)18(3,22)17(21)23-15-10-6-13(2)7-11-15;;/h4,6-11,21-22H,12H2,1-3H3;4,6-11,17,21-22H,1-3H3,(H,19,20);;/q2*-1;;/t18-;17?,18-;;/m01../s1. The molecule has 2 radical (unpaired) electrons. The monoisotopic (exact) mass is 806 g/mol. The van der Waals surface area contributed by atoms with E-state index in [1.807, 2.05) is 39.8 Å². The summed E-state index contributed by atoms with van der Waals surface area (Å²) in [7, 11) is 0. The topological polar surface area (TPSA) is 149 Å². The van der Waals surface area contributed by atoms with Gasteiger partial charge in [-0.3, -0.25) is 14.8 Å². The minimum atomic E-state index is -2.12. The molecule has 1 unspecified atom stereocenters. The molecule has 0 aromatic heterocycles. The Bertz CT molecular complexity index is 1580. The number of hydrogen-bond donors (Lipinski definition) is 5. The fraction of sp³-hybridized carbons (Fsp3) is 0.278. The van der Waals surface area contributed by atoms with Crippen molar-refractivity contribution in [2.45, 2.75) is 59.0 Å². The second-order valence-electron chi connectivity index (χ2n) is 11.4. The number of carbonyl (C=O) groups is 2. The predicted octanol–water partition coefficient (Wildman–Crippen LogP) is 4.84. The van der Waals surface area contributed by atoms with Crippen LogP contribution in [0.4, 0.5) is 11.4 Å². The molecule has 5 N–H and O–H groups in total. The molecule has 0 spiro atoms. The normalized spacial score (nSPS) is 13.4. The summed E-state index contributed by atoms with van der Waals surface area (Å²) in [5, 5.41) is 43.6. The number of hydroxylamine groups is 1. The summed E-state index contributed by atoms with van der Waals surface area (Å²) in [6, 6.07) is 29.8. The van der Waals surface area contributed by atoms with Crippen LogP contribution in [0.3, 0.4) is 0 Å². The number of hydrogen-bond acceptors (Lipinski definition) is 8. The summed E-state index contributed by atoms with van der Waals surface area (Å²) >= 11 is 0. The van der Waals surface area contributed by atoms with E-state index in [0.717, 1.165) is 22.3 Å². The largest absolute Gasteiger partial charge is 0.490 e. The van der Waals surface area contributed by atoms with E-state index in [-0.39, 0.29) is 77.7 Å². The number of rotatable bonds is 10. The number of ether oxygens (including phenoxy) is 2. The number of anilines is 2. The molecule has 250 valence electrons. The molecule has 12 heteroatoms. The third kappa shape index (κ3) is 13.1. The van der Waals surface area contributed by atoms with Crippen LogP contribution >= 0.6 is 0 Å². The average molecular weight is 807 g/mol. The number of benzene rings is 4. The molecule has 2 amide bonds. The van der Waals surface area contributed by atoms with E-state index in [1.165, 1.54) is 19.9 Å². The summed E-state index contributed by atoms with van der Waals surface area (Å²) in [5.41, 5.74) is 0.644. The van der Waals surface area contributed by atoms with Gasteiger partial charge in [0.1, 0.15) is 18.1 Å². The fourth-order valence-corrected chi connectivity index (χ4v) is 3.70. The van der Waals surface area contributed by atoms with Crippen molar-refractivity contribution in [1.29, 1.82) is 0 Å². The zero-order chi connectivity index (χ0) is 34.1. The van der Waals surface area contributed by atoms with Crippen molar-refractivity contribution in [3.05, 3.63) is 119 Å². The van der Waals surface area contributed by atoms with E-state index in [0.29, 0.717) is 22.2 Å². The number of aliphatic hydroxyl groups is 3. The van der Waals surface area contributed by atoms with Gasteiger partial charge in [0.2, 0.25) is 11.9 Å². The third-order valence-corrected chi connectivity index (χ3v) is 6.83. The number of amides is 2. The summed E-state index contributed by atoms with van der Waals surface area (Å²) in [6.07, 6.45) is -1.71. The minimum absolute atomic E-state index is 0. The van der Waals surface area contributed by atoms with Crippen molar-refractivity contribution in [3.63, 3.8) is 0 Å². The zero-order valence-electron chi connectivity index (χ0n) is 27.9. The Morgan fingerprint density at radius 1 is 0.792 bits per heavy atom. The van der Waals surface area contributed by atoms with Gasteiger partial charge in [-0.1, -0.05) is 54.9 Å². The summed E-state index contributed by atoms with van der Waals surface area (Å²) < 4.78 is 10.7. The summed E-state index contributed by atoms with van der Waals surface area (Å²) in [6.45, 7) is 9.80. The van der Waals surface area contributed by atoms with E-state index in [4.69, 9.17) is 9.47 Å². The van der Waals surface area contributed by atoms with Gasteiger partial charge in [0, 0.05) is 65.4 Å². The number of nitrogens with zero attached hydrogens (tertiary/aromatic N) is 1. The van der Waals surface area contributed by atoms with Crippen molar-refractivity contribution in [3.8, 4) is 11.5 Å². The molecule has 0 saturated heterocycles. The van der Waals surface area contributed by atoms with Crippen LogP contribution in [0.5, 0.6) is 11.5 Å². The molecule has 4 aromatic carbocycles. The summed E-state index contributed by atoms with van der Waals surface area (Å²) in [4.78, 5) is 24.4. The van der Waals surface area contributed by atoms with Gasteiger partial charge in [0.15, 0.2) is 5.60 Å². The van der Waals surface area contributed by atoms with E-state index in [9.17, 15) is 30.1 Å². The fourth-order valence-electron chi connectivity index (χ4n) is 3.70. The van der Waals surface area contributed by atoms with Gasteiger partial charge in [-0.05, 0) is 57.6 Å². The molecule has 0 aliphatic rings. The first-order valence-electron chi connectivity index (χ1n) is 14.5. The van der Waals surface area contributed by atoms with E-state index in [2.05, 4.69) is 17.4 Å². The van der Waals surface area contributed by atoms with Crippen LogP contribution in [-0.2, 0) is 75.0 Å². The van der Waals surface area contributed by atoms with Gasteiger partial charge in [-0.2, -0.15) is 47.5 Å². The van der Waals surface area contributed by atoms with Crippen LogP contribution in [0.1, 0.15) is 36.1 Å². The molecule has 0 heterocycles. The molecule has 0 aliphatic heterocycles. The van der Waals surface area contributed by atoms with Crippen LogP contribution in [0.15, 0.2) is 84.9 Å². The van der Waals surface area contributed by atoms with Crippen molar-refractivity contribution in [2.24, 2.45) is 0 Å². The van der Waals surface area contributed by atoms with Gasteiger partial charge in [0.25, 0.3) is 11.8 Å². The van der Waals surface area contributed by atoms with Gasteiger partial charge in [0.05, 0.1) is 0 Å². The Hall–Kier alpha value is -2.53. The predicted molar refractivity (Wildman–Crippen MR) is 174 cm³/mol. The van der Waals surface area contributed by atoms with Crippen LogP contribution in [0.2, 0.25) is 0 Å². The molecule has 0 saturated carbocycles. The van der Waals surface area contributed by atoms with Crippen molar-refractivity contribution in [1.82, 2.24) is 0 Å². The van der Waals surface area contributed by atoms with Crippen LogP contribution < -0.4 is 19.9 Å². The van der Waals surface area contributed by atoms with Crippen molar-refractivity contribution in [2.75, 3.05) is 17.0 Å². The van der Waals surface area contributed by atoms with Crippen LogP contribution in [0, 0.1) is 39.8 Å². The molecule has 0 bridgehead atoms. The Labute approximate surface area is 332 Å². The zero-order valence-corrected chi connectivity index (χ0v) is 33.6. The molecule has 0 aliphatic carbocycles. The smallest absolute Gasteiger partial charge is 0.274 e. The Morgan fingerprint density at radius 3 is 1.77 bits per heavy atom. The molecule has 0 fully saturated rings. The molecular weight excluding hydrogens is 766 g/mol. The molecular formula is C36H40N2O8Y2-2. The maximum Gasteiger partial charge on any atom is 0.274 e. The maximum absolute atomic E-state index is 12.3. The van der Waals surface area contributed by atoms with E-state index < -0.39 is 29.3 Å². The Kier molecular flexibility index (Phi) is 17.8. The second kappa shape index (κ2) is 19.6. The van der Waals surface area contributed by atoms with Gasteiger partial charge in [-0.25, -0.2) is 5.06 Å². The van der Waals surface area contributed by atoms with Crippen LogP contribution in [0.25, 0.3) is 0 Å².